The van der Waals surface area contributed by atoms with Crippen molar-refractivity contribution in [2.75, 3.05) is 4.72 Å². The molecule has 0 saturated carbocycles. The molecule has 10 heteroatoms. The van der Waals surface area contributed by atoms with Gasteiger partial charge in [0.05, 0.1) is 10.5 Å². The molecule has 25 heavy (non-hydrogen) atoms. The molecule has 0 aliphatic heterocycles. The van der Waals surface area contributed by atoms with Crippen molar-refractivity contribution < 1.29 is 12.8 Å². The molecule has 6 nitrogen and oxygen atoms in total. The predicted molar refractivity (Wildman–Crippen MR) is 92.4 cm³/mol. The predicted octanol–water partition coefficient (Wildman–Crippen LogP) is 3.50. The third-order valence-electron chi connectivity index (χ3n) is 3.02. The van der Waals surface area contributed by atoms with Crippen molar-refractivity contribution in [2.24, 2.45) is 0 Å². The highest BCUT2D eigenvalue weighted by atomic mass is 32.2. The van der Waals surface area contributed by atoms with Gasteiger partial charge in [-0.3, -0.25) is 4.72 Å². The second kappa shape index (κ2) is 7.18. The molecule has 0 bridgehead atoms. The first-order chi connectivity index (χ1) is 12.0. The summed E-state index contributed by atoms with van der Waals surface area (Å²) in [6.45, 7) is 0. The molecule has 126 valence electrons. The van der Waals surface area contributed by atoms with Crippen LogP contribution in [0.2, 0.25) is 0 Å². The average Bonchev–Trinajstić information content (AvgIpc) is 3.09. The first kappa shape index (κ1) is 17.3. The summed E-state index contributed by atoms with van der Waals surface area (Å²) in [7, 11) is -3.89. The molecule has 0 saturated heterocycles. The Bertz CT molecular complexity index is 1050. The number of aromatic nitrogens is 2. The van der Waals surface area contributed by atoms with Crippen molar-refractivity contribution in [1.29, 1.82) is 5.26 Å². The van der Waals surface area contributed by atoms with Crippen molar-refractivity contribution in [3.05, 3.63) is 60.2 Å². The van der Waals surface area contributed by atoms with Crippen LogP contribution in [0.1, 0.15) is 5.56 Å². The molecule has 1 heterocycles. The maximum atomic E-state index is 13.8. The summed E-state index contributed by atoms with van der Waals surface area (Å²) >= 11 is 1.96. The number of halogens is 1. The Morgan fingerprint density at radius 3 is 2.68 bits per heavy atom. The molecule has 0 amide bonds. The minimum Gasteiger partial charge on any atom is -0.253 e. The van der Waals surface area contributed by atoms with E-state index in [4.69, 9.17) is 0 Å². The number of rotatable bonds is 5. The molecule has 0 radical (unpaired) electrons. The van der Waals surface area contributed by atoms with Crippen LogP contribution >= 0.6 is 23.3 Å². The van der Waals surface area contributed by atoms with Crippen molar-refractivity contribution >= 4 is 38.4 Å². The van der Waals surface area contributed by atoms with E-state index in [0.717, 1.165) is 23.3 Å². The Morgan fingerprint density at radius 1 is 1.20 bits per heavy atom. The third-order valence-corrected chi connectivity index (χ3v) is 6.19. The molecule has 1 N–H and O–H groups in total. The molecule has 0 fully saturated rings. The van der Waals surface area contributed by atoms with E-state index in [2.05, 4.69) is 14.1 Å². The van der Waals surface area contributed by atoms with Gasteiger partial charge < -0.3 is 0 Å². The van der Waals surface area contributed by atoms with E-state index in [1.807, 2.05) is 6.07 Å². The van der Waals surface area contributed by atoms with Gasteiger partial charge in [-0.05, 0) is 30.3 Å². The lowest BCUT2D eigenvalue weighted by molar-refractivity contribution is 0.600. The fourth-order valence-corrected chi connectivity index (χ4v) is 4.48. The first-order valence-corrected chi connectivity index (χ1v) is 9.83. The Kier molecular flexibility index (Phi) is 4.98. The third kappa shape index (κ3) is 3.96. The fraction of sp³-hybridized carbons (Fsp3) is 0. The molecule has 0 atom stereocenters. The van der Waals surface area contributed by atoms with Crippen LogP contribution in [0.4, 0.5) is 9.52 Å². The van der Waals surface area contributed by atoms with Crippen LogP contribution in [0.3, 0.4) is 0 Å². The minimum absolute atomic E-state index is 0.0860. The van der Waals surface area contributed by atoms with Gasteiger partial charge in [-0.2, -0.15) is 9.64 Å². The highest BCUT2D eigenvalue weighted by molar-refractivity contribution is 7.99. The Morgan fingerprint density at radius 2 is 2.00 bits per heavy atom. The lowest BCUT2D eigenvalue weighted by Crippen LogP contribution is -2.13. The number of anilines is 1. The highest BCUT2D eigenvalue weighted by Gasteiger charge is 2.18. The molecular weight excluding hydrogens is 383 g/mol. The number of benzene rings is 2. The molecule has 2 aromatic carbocycles. The van der Waals surface area contributed by atoms with Crippen molar-refractivity contribution in [3.63, 3.8) is 0 Å². The highest BCUT2D eigenvalue weighted by Crippen LogP contribution is 2.33. The van der Waals surface area contributed by atoms with Crippen LogP contribution in [0, 0.1) is 17.1 Å². The normalized spacial score (nSPS) is 11.0. The first-order valence-electron chi connectivity index (χ1n) is 6.75. The van der Waals surface area contributed by atoms with Crippen molar-refractivity contribution in [1.82, 2.24) is 9.36 Å². The zero-order chi connectivity index (χ0) is 17.9. The lowest BCUT2D eigenvalue weighted by atomic mass is 10.2. The maximum Gasteiger partial charge on any atom is 0.263 e. The molecule has 0 spiro atoms. The smallest absolute Gasteiger partial charge is 0.253 e. The largest absolute Gasteiger partial charge is 0.263 e. The number of nitrogens with one attached hydrogen (secondary N) is 1. The van der Waals surface area contributed by atoms with Crippen molar-refractivity contribution in [2.45, 2.75) is 14.7 Å². The zero-order valence-corrected chi connectivity index (χ0v) is 14.8. The van der Waals surface area contributed by atoms with Gasteiger partial charge in [0.15, 0.2) is 0 Å². The second-order valence-electron chi connectivity index (χ2n) is 4.65. The summed E-state index contributed by atoms with van der Waals surface area (Å²) in [5, 5.41) is 9.45. The van der Waals surface area contributed by atoms with Crippen LogP contribution in [0.25, 0.3) is 0 Å². The molecule has 0 aliphatic rings. The number of sulfonamides is 1. The van der Waals surface area contributed by atoms with Crippen molar-refractivity contribution in [3.8, 4) is 6.07 Å². The van der Waals surface area contributed by atoms with Gasteiger partial charge in [0.1, 0.15) is 18.2 Å². The lowest BCUT2D eigenvalue weighted by Gasteiger charge is -2.08. The monoisotopic (exact) mass is 392 g/mol. The van der Waals surface area contributed by atoms with Gasteiger partial charge in [-0.15, -0.1) is 0 Å². The van der Waals surface area contributed by atoms with E-state index >= 15 is 0 Å². The number of hydrogen-bond donors (Lipinski definition) is 1. The van der Waals surface area contributed by atoms with Gasteiger partial charge in [0.25, 0.3) is 10.0 Å². The summed E-state index contributed by atoms with van der Waals surface area (Å²) in [5.41, 5.74) is 0.133. The summed E-state index contributed by atoms with van der Waals surface area (Å²) in [6, 6.07) is 12.2. The van der Waals surface area contributed by atoms with E-state index in [-0.39, 0.29) is 15.6 Å². The summed E-state index contributed by atoms with van der Waals surface area (Å²) in [6.07, 6.45) is 1.23. The van der Waals surface area contributed by atoms with E-state index in [1.165, 1.54) is 30.6 Å². The molecule has 0 unspecified atom stereocenters. The molecular formula is C15H9FN4O2S3. The number of hydrogen-bond acceptors (Lipinski definition) is 7. The topological polar surface area (TPSA) is 95.7 Å². The second-order valence-corrected chi connectivity index (χ2v) is 8.20. The SMILES string of the molecule is N#Cc1cc(S(=O)(=O)Nc2ncns2)ccc1Sc1ccccc1F. The molecule has 3 rings (SSSR count). The van der Waals surface area contributed by atoms with Gasteiger partial charge in [-0.25, -0.2) is 17.8 Å². The Balaban J connectivity index is 1.92. The summed E-state index contributed by atoms with van der Waals surface area (Å²) in [5.74, 6) is -0.411. The van der Waals surface area contributed by atoms with Crippen LogP contribution in [-0.2, 0) is 10.0 Å². The Hall–Kier alpha value is -2.48. The fourth-order valence-electron chi connectivity index (χ4n) is 1.89. The molecule has 3 aromatic rings. The number of nitriles is 1. The van der Waals surface area contributed by atoms with E-state index in [1.54, 1.807) is 18.2 Å². The van der Waals surface area contributed by atoms with Crippen LogP contribution < -0.4 is 4.72 Å². The average molecular weight is 392 g/mol. The van der Waals surface area contributed by atoms with Crippen LogP contribution in [-0.4, -0.2) is 17.8 Å². The van der Waals surface area contributed by atoms with Crippen LogP contribution in [0.15, 0.2) is 63.5 Å². The zero-order valence-electron chi connectivity index (χ0n) is 12.4. The number of nitrogens with zero attached hydrogens (tertiary/aromatic N) is 3. The van der Waals surface area contributed by atoms with E-state index < -0.39 is 15.8 Å². The van der Waals surface area contributed by atoms with Crippen LogP contribution in [0.5, 0.6) is 0 Å². The maximum absolute atomic E-state index is 13.8. The molecule has 0 aliphatic carbocycles. The standard InChI is InChI=1S/C15H9FN4O2S3/c16-12-3-1-2-4-14(12)23-13-6-5-11(7-10(13)8-17)25(21,22)20-15-18-9-19-24-15/h1-7,9H,(H,18,19,20). The van der Waals surface area contributed by atoms with Gasteiger partial charge in [0.2, 0.25) is 5.13 Å². The van der Waals surface area contributed by atoms with E-state index in [9.17, 15) is 18.1 Å². The molecule has 1 aromatic heterocycles. The summed E-state index contributed by atoms with van der Waals surface area (Å²) in [4.78, 5) is 4.48. The minimum atomic E-state index is -3.89. The van der Waals surface area contributed by atoms with Gasteiger partial charge in [0, 0.05) is 21.3 Å². The summed E-state index contributed by atoms with van der Waals surface area (Å²) < 4.78 is 44.5. The van der Waals surface area contributed by atoms with Gasteiger partial charge in [-0.1, -0.05) is 23.9 Å². The quantitative estimate of drug-likeness (QED) is 0.714. The Labute approximate surface area is 151 Å². The van der Waals surface area contributed by atoms with E-state index in [0.29, 0.717) is 9.79 Å². The van der Waals surface area contributed by atoms with Gasteiger partial charge >= 0.3 is 0 Å².